The van der Waals surface area contributed by atoms with E-state index >= 15 is 0 Å². The number of carboxylic acids is 1. The third-order valence-corrected chi connectivity index (χ3v) is 4.77. The Kier molecular flexibility index (Phi) is 4.69. The molecule has 2 aliphatic heterocycles. The first-order valence-corrected chi connectivity index (χ1v) is 8.85. The first-order valence-electron chi connectivity index (χ1n) is 8.85. The second-order valence-electron chi connectivity index (χ2n) is 6.64. The highest BCUT2D eigenvalue weighted by atomic mass is 16.7. The Morgan fingerprint density at radius 3 is 1.70 bits per heavy atom. The van der Waals surface area contributed by atoms with Gasteiger partial charge in [-0.2, -0.15) is 0 Å². The lowest BCUT2D eigenvalue weighted by molar-refractivity contribution is 0.0696. The molecule has 0 atom stereocenters. The van der Waals surface area contributed by atoms with Crippen LogP contribution >= 0.6 is 0 Å². The van der Waals surface area contributed by atoms with Crippen molar-refractivity contribution in [1.29, 1.82) is 0 Å². The van der Waals surface area contributed by atoms with E-state index in [1.54, 1.807) is 14.1 Å². The quantitative estimate of drug-likeness (QED) is 0.782. The minimum atomic E-state index is -1.24. The monoisotopic (exact) mass is 417 g/mol. The molecule has 158 valence electrons. The molecule has 30 heavy (non-hydrogen) atoms. The lowest BCUT2D eigenvalue weighted by Crippen LogP contribution is -2.23. The summed E-state index contributed by atoms with van der Waals surface area (Å²) < 4.78 is 32.9. The third kappa shape index (κ3) is 2.79. The SMILES string of the molecule is COc1cc(C(=O)O)c(-c2c(C(=O)N(C)C)cc(OC)c3c2OCO3)c2c1OCO2. The van der Waals surface area contributed by atoms with Gasteiger partial charge in [-0.05, 0) is 12.1 Å². The van der Waals surface area contributed by atoms with Crippen LogP contribution in [-0.2, 0) is 0 Å². The Balaban J connectivity index is 2.14. The lowest BCUT2D eigenvalue weighted by atomic mass is 9.91. The Labute approximate surface area is 171 Å². The Bertz CT molecular complexity index is 1060. The van der Waals surface area contributed by atoms with E-state index in [-0.39, 0.29) is 76.2 Å². The second kappa shape index (κ2) is 7.21. The van der Waals surface area contributed by atoms with Gasteiger partial charge in [0, 0.05) is 25.2 Å². The predicted octanol–water partition coefficient (Wildman–Crippen LogP) is 2.23. The minimum absolute atomic E-state index is 0.115. The molecule has 10 nitrogen and oxygen atoms in total. The molecule has 0 fully saturated rings. The van der Waals surface area contributed by atoms with Crippen LogP contribution in [0.2, 0.25) is 0 Å². The summed E-state index contributed by atoms with van der Waals surface area (Å²) in [4.78, 5) is 26.6. The maximum absolute atomic E-state index is 13.0. The average molecular weight is 417 g/mol. The zero-order valence-electron chi connectivity index (χ0n) is 16.7. The largest absolute Gasteiger partial charge is 0.493 e. The van der Waals surface area contributed by atoms with Crippen molar-refractivity contribution in [2.75, 3.05) is 41.9 Å². The number of carboxylic acid groups (broad SMARTS) is 1. The van der Waals surface area contributed by atoms with E-state index in [0.717, 1.165) is 0 Å². The molecule has 1 N–H and O–H groups in total. The first-order chi connectivity index (χ1) is 14.4. The summed E-state index contributed by atoms with van der Waals surface area (Å²) in [5.74, 6) is -0.309. The number of carbonyl (C=O) groups is 2. The summed E-state index contributed by atoms with van der Waals surface area (Å²) in [6, 6.07) is 2.81. The number of benzene rings is 2. The standard InChI is InChI=1S/C20H19NO9/c1-21(2)19(22)9-5-11(25-3)15-17(29-7-27-15)13(9)14-10(20(23)24)6-12(26-4)16-18(14)30-8-28-16/h5-6H,7-8H2,1-4H3,(H,23,24). The molecule has 0 spiro atoms. The van der Waals surface area contributed by atoms with Crippen molar-refractivity contribution in [2.45, 2.75) is 0 Å². The molecular weight excluding hydrogens is 398 g/mol. The Hall–Kier alpha value is -3.82. The van der Waals surface area contributed by atoms with Crippen molar-refractivity contribution in [3.05, 3.63) is 23.3 Å². The van der Waals surface area contributed by atoms with Crippen molar-refractivity contribution >= 4 is 11.9 Å². The Morgan fingerprint density at radius 1 is 0.833 bits per heavy atom. The first kappa shape index (κ1) is 19.5. The fourth-order valence-electron chi connectivity index (χ4n) is 3.45. The van der Waals surface area contributed by atoms with E-state index in [4.69, 9.17) is 28.4 Å². The number of nitrogens with zero attached hydrogens (tertiary/aromatic N) is 1. The fourth-order valence-corrected chi connectivity index (χ4v) is 3.45. The third-order valence-electron chi connectivity index (χ3n) is 4.77. The molecule has 1 amide bonds. The van der Waals surface area contributed by atoms with Crippen molar-refractivity contribution < 1.29 is 43.1 Å². The summed E-state index contributed by atoms with van der Waals surface area (Å²) in [6.45, 7) is -0.245. The van der Waals surface area contributed by atoms with Crippen molar-refractivity contribution in [1.82, 2.24) is 4.90 Å². The van der Waals surface area contributed by atoms with Gasteiger partial charge in [-0.3, -0.25) is 4.79 Å². The average Bonchev–Trinajstić information content (AvgIpc) is 3.40. The number of fused-ring (bicyclic) bond motifs is 2. The van der Waals surface area contributed by atoms with Crippen LogP contribution in [-0.4, -0.2) is 63.8 Å². The highest BCUT2D eigenvalue weighted by Gasteiger charge is 2.37. The number of ether oxygens (including phenoxy) is 6. The highest BCUT2D eigenvalue weighted by molar-refractivity contribution is 6.09. The molecule has 4 rings (SSSR count). The highest BCUT2D eigenvalue weighted by Crippen LogP contribution is 2.56. The molecule has 0 aliphatic carbocycles. The van der Waals surface area contributed by atoms with Crippen LogP contribution in [0.3, 0.4) is 0 Å². The van der Waals surface area contributed by atoms with Gasteiger partial charge in [0.2, 0.25) is 25.1 Å². The molecule has 2 heterocycles. The molecule has 0 saturated carbocycles. The number of carbonyl (C=O) groups excluding carboxylic acids is 1. The summed E-state index contributed by atoms with van der Waals surface area (Å²) in [7, 11) is 6.00. The maximum atomic E-state index is 13.0. The van der Waals surface area contributed by atoms with Gasteiger partial charge < -0.3 is 38.4 Å². The summed E-state index contributed by atoms with van der Waals surface area (Å²) in [6.07, 6.45) is 0. The molecule has 10 heteroatoms. The van der Waals surface area contributed by atoms with E-state index in [2.05, 4.69) is 0 Å². The van der Waals surface area contributed by atoms with Crippen molar-refractivity contribution in [3.63, 3.8) is 0 Å². The van der Waals surface area contributed by atoms with Crippen LogP contribution in [0, 0.1) is 0 Å². The van der Waals surface area contributed by atoms with Crippen LogP contribution in [0.15, 0.2) is 12.1 Å². The molecule has 0 aromatic heterocycles. The van der Waals surface area contributed by atoms with Gasteiger partial charge in [-0.25, -0.2) is 4.79 Å². The smallest absolute Gasteiger partial charge is 0.336 e. The number of amides is 1. The zero-order chi connectivity index (χ0) is 21.6. The van der Waals surface area contributed by atoms with E-state index < -0.39 is 5.97 Å². The number of methoxy groups -OCH3 is 2. The maximum Gasteiger partial charge on any atom is 0.336 e. The minimum Gasteiger partial charge on any atom is -0.493 e. The molecule has 0 unspecified atom stereocenters. The molecule has 0 radical (unpaired) electrons. The lowest BCUT2D eigenvalue weighted by Gasteiger charge is -2.20. The van der Waals surface area contributed by atoms with Crippen LogP contribution in [0.1, 0.15) is 20.7 Å². The van der Waals surface area contributed by atoms with Gasteiger partial charge in [0.25, 0.3) is 5.91 Å². The molecular formula is C20H19NO9. The fraction of sp³-hybridized carbons (Fsp3) is 0.300. The van der Waals surface area contributed by atoms with Crippen molar-refractivity contribution in [3.8, 4) is 45.6 Å². The van der Waals surface area contributed by atoms with Gasteiger partial charge >= 0.3 is 5.97 Å². The van der Waals surface area contributed by atoms with Gasteiger partial charge in [0.1, 0.15) is 0 Å². The summed E-state index contributed by atoms with van der Waals surface area (Å²) in [5.41, 5.74) is 0.354. The van der Waals surface area contributed by atoms with Gasteiger partial charge in [0.15, 0.2) is 23.0 Å². The molecule has 0 saturated heterocycles. The predicted molar refractivity (Wildman–Crippen MR) is 102 cm³/mol. The number of aromatic carboxylic acids is 1. The topological polar surface area (TPSA) is 113 Å². The molecule has 2 aromatic carbocycles. The van der Waals surface area contributed by atoms with Gasteiger partial charge in [-0.15, -0.1) is 0 Å². The van der Waals surface area contributed by atoms with Crippen LogP contribution in [0.25, 0.3) is 11.1 Å². The van der Waals surface area contributed by atoms with E-state index in [0.29, 0.717) is 0 Å². The van der Waals surface area contributed by atoms with E-state index in [1.165, 1.54) is 31.3 Å². The zero-order valence-corrected chi connectivity index (χ0v) is 16.7. The molecule has 2 aliphatic rings. The second-order valence-corrected chi connectivity index (χ2v) is 6.64. The molecule has 0 bridgehead atoms. The normalized spacial score (nSPS) is 13.2. The van der Waals surface area contributed by atoms with E-state index in [9.17, 15) is 14.7 Å². The van der Waals surface area contributed by atoms with Crippen LogP contribution < -0.4 is 28.4 Å². The summed E-state index contributed by atoms with van der Waals surface area (Å²) >= 11 is 0. The van der Waals surface area contributed by atoms with Crippen molar-refractivity contribution in [2.24, 2.45) is 0 Å². The molecule has 2 aromatic rings. The van der Waals surface area contributed by atoms with Gasteiger partial charge in [0.05, 0.1) is 25.3 Å². The Morgan fingerprint density at radius 2 is 1.27 bits per heavy atom. The number of rotatable bonds is 5. The summed E-state index contributed by atoms with van der Waals surface area (Å²) in [5, 5.41) is 9.92. The van der Waals surface area contributed by atoms with E-state index in [1.807, 2.05) is 0 Å². The number of hydrogen-bond acceptors (Lipinski definition) is 8. The van der Waals surface area contributed by atoms with Crippen LogP contribution in [0.4, 0.5) is 0 Å². The number of hydrogen-bond donors (Lipinski definition) is 1. The van der Waals surface area contributed by atoms with Gasteiger partial charge in [-0.1, -0.05) is 0 Å². The van der Waals surface area contributed by atoms with Crippen LogP contribution in [0.5, 0.6) is 34.5 Å².